The van der Waals surface area contributed by atoms with Gasteiger partial charge in [-0.1, -0.05) is 13.0 Å². The molecular weight excluding hydrogens is 246 g/mol. The fourth-order valence-electron chi connectivity index (χ4n) is 1.60. The van der Waals surface area contributed by atoms with Crippen molar-refractivity contribution in [3.8, 4) is 0 Å². The van der Waals surface area contributed by atoms with Gasteiger partial charge >= 0.3 is 5.97 Å². The SMILES string of the molecule is CCOC(=O)C(=O)c1cc(CC)ccc1NC(C)=O. The summed E-state index contributed by atoms with van der Waals surface area (Å²) in [4.78, 5) is 34.6. The summed E-state index contributed by atoms with van der Waals surface area (Å²) in [5.41, 5.74) is 1.39. The molecule has 1 N–H and O–H groups in total. The number of hydrogen-bond donors (Lipinski definition) is 1. The normalized spacial score (nSPS) is 9.84. The lowest BCUT2D eigenvalue weighted by Crippen LogP contribution is -2.20. The fraction of sp³-hybridized carbons (Fsp3) is 0.357. The molecule has 0 unspecified atom stereocenters. The third-order valence-corrected chi connectivity index (χ3v) is 2.51. The van der Waals surface area contributed by atoms with Gasteiger partial charge in [0, 0.05) is 6.92 Å². The largest absolute Gasteiger partial charge is 0.460 e. The van der Waals surface area contributed by atoms with Crippen molar-refractivity contribution in [2.24, 2.45) is 0 Å². The van der Waals surface area contributed by atoms with Gasteiger partial charge in [0.25, 0.3) is 5.78 Å². The van der Waals surface area contributed by atoms with E-state index in [0.29, 0.717) is 5.69 Å². The van der Waals surface area contributed by atoms with E-state index in [2.05, 4.69) is 5.32 Å². The van der Waals surface area contributed by atoms with Crippen molar-refractivity contribution in [1.82, 2.24) is 0 Å². The molecule has 0 aliphatic carbocycles. The molecule has 0 aromatic heterocycles. The Morgan fingerprint density at radius 2 is 1.89 bits per heavy atom. The monoisotopic (exact) mass is 263 g/mol. The molecule has 1 aromatic rings. The van der Waals surface area contributed by atoms with Gasteiger partial charge in [-0.05, 0) is 31.0 Å². The highest BCUT2D eigenvalue weighted by Crippen LogP contribution is 2.19. The smallest absolute Gasteiger partial charge is 0.379 e. The van der Waals surface area contributed by atoms with Crippen LogP contribution in [0.4, 0.5) is 5.69 Å². The summed E-state index contributed by atoms with van der Waals surface area (Å²) in [5.74, 6) is -1.97. The zero-order chi connectivity index (χ0) is 14.4. The number of carbonyl (C=O) groups is 3. The number of nitrogens with one attached hydrogen (secondary N) is 1. The molecule has 0 radical (unpaired) electrons. The molecule has 0 saturated heterocycles. The van der Waals surface area contributed by atoms with Crippen LogP contribution in [0.2, 0.25) is 0 Å². The average Bonchev–Trinajstić information content (AvgIpc) is 2.38. The second-order valence-electron chi connectivity index (χ2n) is 3.96. The number of esters is 1. The van der Waals surface area contributed by atoms with Crippen molar-refractivity contribution >= 4 is 23.3 Å². The lowest BCUT2D eigenvalue weighted by atomic mass is 10.0. The van der Waals surface area contributed by atoms with Crippen LogP contribution in [0.3, 0.4) is 0 Å². The van der Waals surface area contributed by atoms with E-state index < -0.39 is 11.8 Å². The summed E-state index contributed by atoms with van der Waals surface area (Å²) < 4.78 is 4.69. The molecule has 0 bridgehead atoms. The van der Waals surface area contributed by atoms with Gasteiger partial charge in [0.05, 0.1) is 17.9 Å². The standard InChI is InChI=1S/C14H17NO4/c1-4-10-6-7-12(15-9(3)16)11(8-10)13(17)14(18)19-5-2/h6-8H,4-5H2,1-3H3,(H,15,16). The molecule has 0 atom stereocenters. The maximum atomic E-state index is 12.0. The number of ether oxygens (including phenoxy) is 1. The van der Waals surface area contributed by atoms with Crippen molar-refractivity contribution < 1.29 is 19.1 Å². The Labute approximate surface area is 111 Å². The minimum absolute atomic E-state index is 0.132. The molecule has 5 nitrogen and oxygen atoms in total. The van der Waals surface area contributed by atoms with Crippen LogP contribution >= 0.6 is 0 Å². The first-order chi connectivity index (χ1) is 8.99. The summed E-state index contributed by atoms with van der Waals surface area (Å²) >= 11 is 0. The first-order valence-corrected chi connectivity index (χ1v) is 6.11. The Morgan fingerprint density at radius 1 is 1.21 bits per heavy atom. The molecule has 0 fully saturated rings. The maximum Gasteiger partial charge on any atom is 0.379 e. The number of carbonyl (C=O) groups excluding carboxylic acids is 3. The number of aryl methyl sites for hydroxylation is 1. The Balaban J connectivity index is 3.16. The van der Waals surface area contributed by atoms with Crippen LogP contribution in [0.15, 0.2) is 18.2 Å². The van der Waals surface area contributed by atoms with Crippen molar-refractivity contribution in [1.29, 1.82) is 0 Å². The van der Waals surface area contributed by atoms with E-state index in [1.165, 1.54) is 6.92 Å². The van der Waals surface area contributed by atoms with Crippen molar-refractivity contribution in [2.75, 3.05) is 11.9 Å². The Kier molecular flexibility index (Phi) is 5.23. The molecule has 0 spiro atoms. The van der Waals surface area contributed by atoms with Gasteiger partial charge in [-0.15, -0.1) is 0 Å². The molecule has 1 aromatic carbocycles. The van der Waals surface area contributed by atoms with Crippen molar-refractivity contribution in [3.05, 3.63) is 29.3 Å². The molecule has 0 aliphatic rings. The van der Waals surface area contributed by atoms with Gasteiger partial charge in [-0.3, -0.25) is 9.59 Å². The van der Waals surface area contributed by atoms with Gasteiger partial charge < -0.3 is 10.1 Å². The third-order valence-electron chi connectivity index (χ3n) is 2.51. The zero-order valence-corrected chi connectivity index (χ0v) is 11.3. The molecule has 0 saturated carbocycles. The first-order valence-electron chi connectivity index (χ1n) is 6.11. The minimum Gasteiger partial charge on any atom is -0.460 e. The van der Waals surface area contributed by atoms with Gasteiger partial charge in [0.2, 0.25) is 5.91 Å². The van der Waals surface area contributed by atoms with Crippen molar-refractivity contribution in [3.63, 3.8) is 0 Å². The Morgan fingerprint density at radius 3 is 2.42 bits per heavy atom. The van der Waals surface area contributed by atoms with Gasteiger partial charge in [0.1, 0.15) is 0 Å². The molecule has 1 rings (SSSR count). The summed E-state index contributed by atoms with van der Waals surface area (Å²) in [5, 5.41) is 2.54. The quantitative estimate of drug-likeness (QED) is 0.500. The summed E-state index contributed by atoms with van der Waals surface area (Å²) in [6, 6.07) is 5.02. The van der Waals surface area contributed by atoms with E-state index >= 15 is 0 Å². The molecule has 102 valence electrons. The van der Waals surface area contributed by atoms with Crippen LogP contribution in [-0.4, -0.2) is 24.3 Å². The number of benzene rings is 1. The molecule has 0 heterocycles. The van der Waals surface area contributed by atoms with Gasteiger partial charge in [0.15, 0.2) is 0 Å². The Bertz CT molecular complexity index is 508. The van der Waals surface area contributed by atoms with Crippen LogP contribution in [0.1, 0.15) is 36.7 Å². The number of hydrogen-bond acceptors (Lipinski definition) is 4. The zero-order valence-electron chi connectivity index (χ0n) is 11.3. The predicted octanol–water partition coefficient (Wildman–Crippen LogP) is 1.95. The maximum absolute atomic E-state index is 12.0. The first kappa shape index (κ1) is 14.9. The number of anilines is 1. The topological polar surface area (TPSA) is 72.5 Å². The predicted molar refractivity (Wildman–Crippen MR) is 71.1 cm³/mol. The highest BCUT2D eigenvalue weighted by atomic mass is 16.5. The summed E-state index contributed by atoms with van der Waals surface area (Å²) in [7, 11) is 0. The lowest BCUT2D eigenvalue weighted by molar-refractivity contribution is -0.137. The van der Waals surface area contributed by atoms with Gasteiger partial charge in [-0.25, -0.2) is 4.79 Å². The van der Waals surface area contributed by atoms with E-state index in [1.807, 2.05) is 6.92 Å². The highest BCUT2D eigenvalue weighted by Gasteiger charge is 2.21. The average molecular weight is 263 g/mol. The highest BCUT2D eigenvalue weighted by molar-refractivity contribution is 6.42. The van der Waals surface area contributed by atoms with E-state index in [-0.39, 0.29) is 18.1 Å². The van der Waals surface area contributed by atoms with E-state index in [1.54, 1.807) is 25.1 Å². The van der Waals surface area contributed by atoms with Crippen molar-refractivity contribution in [2.45, 2.75) is 27.2 Å². The lowest BCUT2D eigenvalue weighted by Gasteiger charge is -2.10. The second kappa shape index (κ2) is 6.68. The van der Waals surface area contributed by atoms with Crippen LogP contribution in [0.5, 0.6) is 0 Å². The molecule has 19 heavy (non-hydrogen) atoms. The molecular formula is C14H17NO4. The number of Topliss-reactive ketones (excluding diaryl/α,β-unsaturated/α-hetero) is 1. The Hall–Kier alpha value is -2.17. The van der Waals surface area contributed by atoms with Crippen LogP contribution in [0, 0.1) is 0 Å². The molecule has 5 heteroatoms. The van der Waals surface area contributed by atoms with Crippen LogP contribution < -0.4 is 5.32 Å². The third kappa shape index (κ3) is 3.91. The second-order valence-corrected chi connectivity index (χ2v) is 3.96. The fourth-order valence-corrected chi connectivity index (χ4v) is 1.60. The molecule has 1 amide bonds. The minimum atomic E-state index is -0.914. The van der Waals surface area contributed by atoms with E-state index in [9.17, 15) is 14.4 Å². The van der Waals surface area contributed by atoms with Gasteiger partial charge in [-0.2, -0.15) is 0 Å². The summed E-state index contributed by atoms with van der Waals surface area (Å²) in [6.45, 7) is 5.04. The van der Waals surface area contributed by atoms with E-state index in [0.717, 1.165) is 12.0 Å². The number of ketones is 1. The molecule has 0 aliphatic heterocycles. The van der Waals surface area contributed by atoms with Crippen LogP contribution in [-0.2, 0) is 20.7 Å². The van der Waals surface area contributed by atoms with Crippen LogP contribution in [0.25, 0.3) is 0 Å². The van der Waals surface area contributed by atoms with E-state index in [4.69, 9.17) is 4.74 Å². The number of rotatable bonds is 5. The summed E-state index contributed by atoms with van der Waals surface area (Å²) in [6.07, 6.45) is 0.726. The number of amides is 1.